The molecule has 32 heavy (non-hydrogen) atoms. The lowest BCUT2D eigenvalue weighted by atomic mass is 9.69. The van der Waals surface area contributed by atoms with E-state index in [4.69, 9.17) is 23.2 Å². The van der Waals surface area contributed by atoms with Gasteiger partial charge in [-0.2, -0.15) is 0 Å². The second-order valence-corrected chi connectivity index (χ2v) is 10.1. The topological polar surface area (TPSA) is 74.3 Å². The minimum Gasteiger partial charge on any atom is -0.354 e. The lowest BCUT2D eigenvalue weighted by Gasteiger charge is -2.46. The molecule has 0 radical (unpaired) electrons. The number of pyridine rings is 1. The van der Waals surface area contributed by atoms with Gasteiger partial charge < -0.3 is 10.6 Å². The molecule has 3 aliphatic heterocycles. The molecular weight excluding hydrogens is 454 g/mol. The van der Waals surface area contributed by atoms with Crippen molar-refractivity contribution in [3.63, 3.8) is 0 Å². The summed E-state index contributed by atoms with van der Waals surface area (Å²) in [4.78, 5) is 33.0. The molecule has 1 aliphatic carbocycles. The molecule has 4 atom stereocenters. The molecule has 1 aromatic heterocycles. The van der Waals surface area contributed by atoms with E-state index >= 15 is 4.39 Å². The van der Waals surface area contributed by atoms with Crippen molar-refractivity contribution in [2.45, 2.75) is 36.8 Å². The number of amides is 2. The molecule has 0 bridgehead atoms. The van der Waals surface area contributed by atoms with Crippen LogP contribution in [0.2, 0.25) is 10.2 Å². The standard InChI is InChI=1S/C23H21Cl2FN4O2/c24-13-4-3-12-8-23(22(32)29-15(12)7-13)18(14-5-6-27-20(25)19(14)26)17-16(9-28-21(17)31)30(23)10-11-1-2-11/h3-7,11,16-18H,1-2,8-10H2,(H,28,31)(H,29,32)/t16-,17+,18-,23+/m0/s1. The highest BCUT2D eigenvalue weighted by Crippen LogP contribution is 2.56. The van der Waals surface area contributed by atoms with Gasteiger partial charge in [0.15, 0.2) is 11.0 Å². The maximum atomic E-state index is 15.4. The minimum absolute atomic E-state index is 0.153. The van der Waals surface area contributed by atoms with E-state index < -0.39 is 23.2 Å². The van der Waals surface area contributed by atoms with Crippen molar-refractivity contribution in [1.82, 2.24) is 15.2 Å². The number of hydrogen-bond donors (Lipinski definition) is 2. The van der Waals surface area contributed by atoms with Crippen molar-refractivity contribution in [2.75, 3.05) is 18.4 Å². The van der Waals surface area contributed by atoms with Crippen LogP contribution in [0.15, 0.2) is 30.5 Å². The fourth-order valence-corrected chi connectivity index (χ4v) is 6.31. The number of benzene rings is 1. The largest absolute Gasteiger partial charge is 0.354 e. The van der Waals surface area contributed by atoms with Gasteiger partial charge in [-0.1, -0.05) is 29.3 Å². The molecule has 6 rings (SSSR count). The van der Waals surface area contributed by atoms with Gasteiger partial charge in [0.2, 0.25) is 11.8 Å². The molecule has 3 fully saturated rings. The van der Waals surface area contributed by atoms with Crippen LogP contribution in [0.5, 0.6) is 0 Å². The van der Waals surface area contributed by atoms with Crippen LogP contribution in [-0.4, -0.2) is 46.4 Å². The average Bonchev–Trinajstić information content (AvgIpc) is 3.45. The molecule has 1 aromatic carbocycles. The van der Waals surface area contributed by atoms with Crippen LogP contribution in [0.25, 0.3) is 0 Å². The third-order valence-corrected chi connectivity index (χ3v) is 8.02. The van der Waals surface area contributed by atoms with Gasteiger partial charge in [-0.15, -0.1) is 0 Å². The smallest absolute Gasteiger partial charge is 0.245 e. The first-order valence-electron chi connectivity index (χ1n) is 10.8. The van der Waals surface area contributed by atoms with Crippen LogP contribution in [-0.2, 0) is 16.0 Å². The molecule has 4 aliphatic rings. The summed E-state index contributed by atoms with van der Waals surface area (Å²) in [5.41, 5.74) is 0.735. The Morgan fingerprint density at radius 2 is 2.03 bits per heavy atom. The van der Waals surface area contributed by atoms with Crippen molar-refractivity contribution in [3.8, 4) is 0 Å². The highest BCUT2D eigenvalue weighted by molar-refractivity contribution is 6.31. The zero-order valence-corrected chi connectivity index (χ0v) is 18.6. The van der Waals surface area contributed by atoms with Crippen LogP contribution < -0.4 is 10.6 Å². The van der Waals surface area contributed by atoms with Gasteiger partial charge in [-0.05, 0) is 48.1 Å². The quantitative estimate of drug-likeness (QED) is 0.668. The van der Waals surface area contributed by atoms with Crippen LogP contribution in [0.3, 0.4) is 0 Å². The van der Waals surface area contributed by atoms with Crippen LogP contribution >= 0.6 is 23.2 Å². The van der Waals surface area contributed by atoms with Crippen molar-refractivity contribution in [2.24, 2.45) is 11.8 Å². The summed E-state index contributed by atoms with van der Waals surface area (Å²) in [5, 5.41) is 6.24. The number of fused-ring (bicyclic) bond motifs is 2. The molecule has 4 heterocycles. The first kappa shape index (κ1) is 20.4. The Balaban J connectivity index is 1.57. The Labute approximate surface area is 194 Å². The predicted molar refractivity (Wildman–Crippen MR) is 118 cm³/mol. The van der Waals surface area contributed by atoms with Crippen LogP contribution in [0.1, 0.15) is 29.9 Å². The van der Waals surface area contributed by atoms with Crippen molar-refractivity contribution < 1.29 is 14.0 Å². The zero-order chi connectivity index (χ0) is 22.2. The third-order valence-electron chi connectivity index (χ3n) is 7.53. The number of likely N-dealkylation sites (tertiary alicyclic amines) is 1. The van der Waals surface area contributed by atoms with Gasteiger partial charge in [0.25, 0.3) is 0 Å². The van der Waals surface area contributed by atoms with Gasteiger partial charge in [-0.25, -0.2) is 9.37 Å². The Morgan fingerprint density at radius 3 is 2.81 bits per heavy atom. The summed E-state index contributed by atoms with van der Waals surface area (Å²) in [6.45, 7) is 1.14. The fraction of sp³-hybridized carbons (Fsp3) is 0.435. The molecule has 1 saturated carbocycles. The van der Waals surface area contributed by atoms with Gasteiger partial charge in [0, 0.05) is 48.4 Å². The molecule has 6 nitrogen and oxygen atoms in total. The van der Waals surface area contributed by atoms with E-state index in [1.807, 2.05) is 6.07 Å². The van der Waals surface area contributed by atoms with E-state index in [9.17, 15) is 9.59 Å². The van der Waals surface area contributed by atoms with Crippen LogP contribution in [0, 0.1) is 17.7 Å². The number of carbonyl (C=O) groups excluding carboxylic acids is 2. The Kier molecular flexibility index (Phi) is 4.55. The maximum Gasteiger partial charge on any atom is 0.245 e. The fourth-order valence-electron chi connectivity index (χ4n) is 5.98. The Hall–Kier alpha value is -2.22. The summed E-state index contributed by atoms with van der Waals surface area (Å²) < 4.78 is 15.4. The normalized spacial score (nSPS) is 31.4. The molecule has 1 spiro atoms. The van der Waals surface area contributed by atoms with Gasteiger partial charge in [0.1, 0.15) is 5.54 Å². The van der Waals surface area contributed by atoms with E-state index in [1.165, 1.54) is 6.20 Å². The number of hydrogen-bond acceptors (Lipinski definition) is 4. The monoisotopic (exact) mass is 474 g/mol. The first-order valence-corrected chi connectivity index (χ1v) is 11.6. The first-order chi connectivity index (χ1) is 15.4. The number of carbonyl (C=O) groups is 2. The second kappa shape index (κ2) is 7.14. The van der Waals surface area contributed by atoms with Crippen molar-refractivity contribution in [3.05, 3.63) is 57.6 Å². The molecule has 0 unspecified atom stereocenters. The number of aromatic nitrogens is 1. The summed E-state index contributed by atoms with van der Waals surface area (Å²) in [6, 6.07) is 6.78. The molecular formula is C23H21Cl2FN4O2. The molecule has 166 valence electrons. The van der Waals surface area contributed by atoms with E-state index in [1.54, 1.807) is 18.2 Å². The van der Waals surface area contributed by atoms with Gasteiger partial charge >= 0.3 is 0 Å². The number of halogens is 3. The van der Waals surface area contributed by atoms with Crippen molar-refractivity contribution >= 4 is 40.7 Å². The van der Waals surface area contributed by atoms with Crippen LogP contribution in [0.4, 0.5) is 10.1 Å². The predicted octanol–water partition coefficient (Wildman–Crippen LogP) is 3.38. The summed E-state index contributed by atoms with van der Waals surface area (Å²) in [5.74, 6) is -1.82. The molecule has 2 N–H and O–H groups in total. The highest BCUT2D eigenvalue weighted by Gasteiger charge is 2.68. The van der Waals surface area contributed by atoms with E-state index in [-0.39, 0.29) is 28.6 Å². The van der Waals surface area contributed by atoms with E-state index in [0.29, 0.717) is 36.1 Å². The maximum absolute atomic E-state index is 15.4. The third kappa shape index (κ3) is 2.84. The molecule has 2 aromatic rings. The lowest BCUT2D eigenvalue weighted by Crippen LogP contribution is -2.62. The summed E-state index contributed by atoms with van der Waals surface area (Å²) >= 11 is 12.2. The summed E-state index contributed by atoms with van der Waals surface area (Å²) in [7, 11) is 0. The number of nitrogens with zero attached hydrogens (tertiary/aromatic N) is 2. The summed E-state index contributed by atoms with van der Waals surface area (Å²) in [6.07, 6.45) is 4.00. The van der Waals surface area contributed by atoms with Gasteiger partial charge in [0.05, 0.1) is 5.92 Å². The average molecular weight is 475 g/mol. The zero-order valence-electron chi connectivity index (χ0n) is 17.1. The lowest BCUT2D eigenvalue weighted by molar-refractivity contribution is -0.129. The van der Waals surface area contributed by atoms with Gasteiger partial charge in [-0.3, -0.25) is 14.5 Å². The SMILES string of the molecule is O=C1NC[C@H]2[C@@H]1[C@H](c1ccnc(Cl)c1F)[C@@]1(Cc3ccc(Cl)cc3NC1=O)N2CC1CC1. The molecule has 2 amide bonds. The molecule has 2 saturated heterocycles. The second-order valence-electron chi connectivity index (χ2n) is 9.27. The van der Waals surface area contributed by atoms with E-state index in [2.05, 4.69) is 20.5 Å². The number of rotatable bonds is 3. The van der Waals surface area contributed by atoms with E-state index in [0.717, 1.165) is 18.4 Å². The van der Waals surface area contributed by atoms with Crippen molar-refractivity contribution in [1.29, 1.82) is 0 Å². The number of anilines is 1. The highest BCUT2D eigenvalue weighted by atomic mass is 35.5. The Morgan fingerprint density at radius 1 is 1.22 bits per heavy atom. The molecule has 9 heteroatoms. The number of nitrogens with one attached hydrogen (secondary N) is 2. The Bertz CT molecular complexity index is 1160. The minimum atomic E-state index is -1.11.